The van der Waals surface area contributed by atoms with Gasteiger partial charge in [-0.1, -0.05) is 154 Å². The Morgan fingerprint density at radius 2 is 0.713 bits per heavy atom. The Morgan fingerprint density at radius 3 is 1.10 bits per heavy atom. The number of rotatable bonds is 15. The number of anilines is 3. The van der Waals surface area contributed by atoms with Crippen molar-refractivity contribution in [2.24, 2.45) is 0 Å². The average molecular weight is 1590 g/mol. The molecule has 3 saturated heterocycles. The van der Waals surface area contributed by atoms with Crippen LogP contribution in [0.4, 0.5) is 40.2 Å². The standard InChI is InChI=1S/C28H26Cl3FN4O.C28H27Cl3N4O.C28H28ClFN4O/c29-21-5-3-19(4-6-21)2-1-11-35-12-9-28(10-13-35)18-36(24-8-7-22(32)16-23(24)28)27(37)33-17-20-14-25(30)34-26(31)15-20;29-22-5-3-20(4-6-22)2-1-13-34-14-10-28(11-15-34)19-35(25-8-7-23(30)17-24(25)28)27(36)33-18-21-9-12-32-26(31)16-21;29-23-5-3-21(4-6-23)2-1-15-33-16-11-28(12-17-33)20-34(26-8-7-24(30)18-25(26)28)27(35)32-19-22-9-13-31-14-10-22/h1-8,14-16H,9-13,17-18H2,(H,33,37);1-9,12,16-17H,10-11,13-15,18-19H2,(H,33,36);1-10,13-14,18H,11-12,15-17,19-20H2,(H,32,35)/b3*2-1+. The van der Waals surface area contributed by atoms with Crippen LogP contribution in [0.15, 0.2) is 201 Å². The topological polar surface area (TPSA) is 145 Å². The van der Waals surface area contributed by atoms with Crippen molar-refractivity contribution >= 4 is 135 Å². The van der Waals surface area contributed by atoms with Gasteiger partial charge in [0, 0.05) is 131 Å². The van der Waals surface area contributed by atoms with Crippen molar-refractivity contribution in [2.45, 2.75) is 74.4 Å². The maximum atomic E-state index is 14.3. The number of hydrogen-bond acceptors (Lipinski definition) is 9. The Labute approximate surface area is 664 Å². The summed E-state index contributed by atoms with van der Waals surface area (Å²) in [6.07, 6.45) is 23.3. The highest BCUT2D eigenvalue weighted by molar-refractivity contribution is 6.33. The van der Waals surface area contributed by atoms with Crippen molar-refractivity contribution in [3.8, 4) is 0 Å². The van der Waals surface area contributed by atoms with Gasteiger partial charge in [-0.15, -0.1) is 0 Å². The number of amides is 6. The Hall–Kier alpha value is -8.43. The largest absolute Gasteiger partial charge is 0.334 e. The summed E-state index contributed by atoms with van der Waals surface area (Å²) < 4.78 is 28.6. The Kier molecular flexibility index (Phi) is 25.6. The number of likely N-dealkylation sites (tertiary alicyclic amines) is 3. The number of benzene rings is 6. The molecule has 3 N–H and O–H groups in total. The summed E-state index contributed by atoms with van der Waals surface area (Å²) in [5.41, 5.74) is 11.0. The molecule has 15 nitrogen and oxygen atoms in total. The van der Waals surface area contributed by atoms with Gasteiger partial charge in [0.2, 0.25) is 0 Å². The molecule has 3 spiro atoms. The summed E-state index contributed by atoms with van der Waals surface area (Å²) in [6, 6.07) is 49.0. The van der Waals surface area contributed by atoms with Crippen LogP contribution in [0.3, 0.4) is 0 Å². The monoisotopic (exact) mass is 1590 g/mol. The highest BCUT2D eigenvalue weighted by Gasteiger charge is 2.49. The quantitative estimate of drug-likeness (QED) is 0.0854. The molecule has 0 atom stereocenters. The lowest BCUT2D eigenvalue weighted by atomic mass is 9.74. The first kappa shape index (κ1) is 77.7. The lowest BCUT2D eigenvalue weighted by Gasteiger charge is -2.39. The Morgan fingerprint density at radius 1 is 0.380 bits per heavy atom. The van der Waals surface area contributed by atoms with E-state index in [0.29, 0.717) is 42.9 Å². The molecule has 3 fully saturated rings. The van der Waals surface area contributed by atoms with Crippen LogP contribution in [-0.4, -0.2) is 126 Å². The molecule has 9 aromatic rings. The molecule has 9 heterocycles. The van der Waals surface area contributed by atoms with E-state index < -0.39 is 0 Å². The van der Waals surface area contributed by atoms with Crippen LogP contribution < -0.4 is 30.7 Å². The molecule has 6 amide bonds. The normalized spacial score (nSPS) is 17.0. The molecular formula is C84H81Cl7F2N12O3. The van der Waals surface area contributed by atoms with Gasteiger partial charge in [-0.2, -0.15) is 0 Å². The summed E-state index contributed by atoms with van der Waals surface area (Å²) in [7, 11) is 0. The number of halogens is 9. The van der Waals surface area contributed by atoms with E-state index in [1.807, 2.05) is 114 Å². The highest BCUT2D eigenvalue weighted by atomic mass is 35.5. The number of hydrogen-bond donors (Lipinski definition) is 3. The van der Waals surface area contributed by atoms with E-state index in [1.165, 1.54) is 17.7 Å². The van der Waals surface area contributed by atoms with Crippen LogP contribution >= 0.6 is 81.2 Å². The van der Waals surface area contributed by atoms with E-state index >= 15 is 0 Å². The second kappa shape index (κ2) is 35.5. The van der Waals surface area contributed by atoms with Crippen molar-refractivity contribution in [2.75, 3.05) is 93.2 Å². The van der Waals surface area contributed by atoms with Gasteiger partial charge in [-0.05, 0) is 255 Å². The minimum absolute atomic E-state index is 0.0893. The Bertz CT molecular complexity index is 4730. The zero-order valence-corrected chi connectivity index (χ0v) is 64.6. The number of nitrogens with zero attached hydrogens (tertiary/aromatic N) is 9. The molecule has 15 rings (SSSR count). The third-order valence-electron chi connectivity index (χ3n) is 21.3. The van der Waals surface area contributed by atoms with Crippen molar-refractivity contribution in [3.63, 3.8) is 0 Å². The summed E-state index contributed by atoms with van der Waals surface area (Å²) in [4.78, 5) is 64.2. The second-order valence-electron chi connectivity index (χ2n) is 28.3. The van der Waals surface area contributed by atoms with Crippen LogP contribution in [0.2, 0.25) is 35.5 Å². The average Bonchev–Trinajstić information content (AvgIpc) is 1.60. The number of nitrogens with one attached hydrogen (secondary N) is 3. The fourth-order valence-corrected chi connectivity index (χ4v) is 16.7. The fraction of sp³-hybridized carbons (Fsp3) is 0.286. The molecule has 558 valence electrons. The number of fused-ring (bicyclic) bond motifs is 6. The molecule has 0 unspecified atom stereocenters. The van der Waals surface area contributed by atoms with Crippen LogP contribution in [0, 0.1) is 11.6 Å². The minimum Gasteiger partial charge on any atom is -0.334 e. The SMILES string of the molecule is O=C(NCc1cc(Cl)nc(Cl)c1)N1CC2(CCN(C/C=C/c3ccc(Cl)cc3)CC2)c2cc(F)ccc21.O=C(NCc1ccnc(Cl)c1)N1CC2(CCN(C/C=C/c3ccc(Cl)cc3)CC2)c2cc(Cl)ccc21.O=C(NCc1ccncc1)N1CC2(CCN(C/C=C/c3ccc(Cl)cc3)CC2)c2cc(F)ccc21. The smallest absolute Gasteiger partial charge is 0.322 e. The maximum absolute atomic E-state index is 14.3. The van der Waals surface area contributed by atoms with E-state index in [9.17, 15) is 23.2 Å². The molecule has 24 heteroatoms. The van der Waals surface area contributed by atoms with E-state index in [1.54, 1.807) is 70.9 Å². The van der Waals surface area contributed by atoms with Crippen LogP contribution in [0.5, 0.6) is 0 Å². The fourth-order valence-electron chi connectivity index (χ4n) is 15.5. The number of pyridine rings is 3. The predicted octanol–water partition coefficient (Wildman–Crippen LogP) is 19.4. The van der Waals surface area contributed by atoms with Crippen LogP contribution in [0.1, 0.15) is 88.6 Å². The molecule has 6 aliphatic heterocycles. The van der Waals surface area contributed by atoms with Crippen molar-refractivity contribution < 1.29 is 23.2 Å². The minimum atomic E-state index is -0.283. The van der Waals surface area contributed by atoms with Gasteiger partial charge in [0.25, 0.3) is 0 Å². The van der Waals surface area contributed by atoms with Crippen molar-refractivity contribution in [3.05, 3.63) is 298 Å². The summed E-state index contributed by atoms with van der Waals surface area (Å²) >= 11 is 42.3. The van der Waals surface area contributed by atoms with E-state index in [2.05, 4.69) is 82.1 Å². The predicted molar refractivity (Wildman–Crippen MR) is 434 cm³/mol. The van der Waals surface area contributed by atoms with Gasteiger partial charge in [0.05, 0.1) is 0 Å². The summed E-state index contributed by atoms with van der Waals surface area (Å²) in [6.45, 7) is 10.8. The number of carbonyl (C=O) groups is 3. The van der Waals surface area contributed by atoms with Gasteiger partial charge in [0.1, 0.15) is 27.1 Å². The molecule has 6 aliphatic rings. The third kappa shape index (κ3) is 19.4. The first-order chi connectivity index (χ1) is 52.2. The number of piperidine rings is 3. The van der Waals surface area contributed by atoms with Gasteiger partial charge in [-0.25, -0.2) is 33.1 Å². The lowest BCUT2D eigenvalue weighted by molar-refractivity contribution is 0.180. The first-order valence-electron chi connectivity index (χ1n) is 36.1. The third-order valence-corrected chi connectivity index (χ3v) is 22.9. The molecule has 0 saturated carbocycles. The van der Waals surface area contributed by atoms with Crippen molar-refractivity contribution in [1.29, 1.82) is 0 Å². The second-order valence-corrected chi connectivity index (χ2v) is 31.2. The molecule has 0 aliphatic carbocycles. The number of carbonyl (C=O) groups excluding carboxylic acids is 3. The molecule has 3 aromatic heterocycles. The molecule has 0 bridgehead atoms. The Balaban J connectivity index is 0.000000143. The van der Waals surface area contributed by atoms with Crippen LogP contribution in [0.25, 0.3) is 18.2 Å². The first-order valence-corrected chi connectivity index (χ1v) is 38.7. The summed E-state index contributed by atoms with van der Waals surface area (Å²) in [5, 5.41) is 12.9. The van der Waals surface area contributed by atoms with Gasteiger partial charge >= 0.3 is 18.1 Å². The number of urea groups is 3. The van der Waals surface area contributed by atoms with Crippen LogP contribution in [-0.2, 0) is 35.9 Å². The van der Waals surface area contributed by atoms with E-state index in [0.717, 1.165) is 174 Å². The zero-order valence-electron chi connectivity index (χ0n) is 59.3. The molecule has 0 radical (unpaired) electrons. The highest BCUT2D eigenvalue weighted by Crippen LogP contribution is 2.51. The summed E-state index contributed by atoms with van der Waals surface area (Å²) in [5.74, 6) is -0.537. The van der Waals surface area contributed by atoms with Crippen molar-refractivity contribution in [1.82, 2.24) is 45.6 Å². The molecule has 108 heavy (non-hydrogen) atoms. The van der Waals surface area contributed by atoms with E-state index in [-0.39, 0.29) is 62.8 Å². The maximum Gasteiger partial charge on any atom is 0.322 e. The van der Waals surface area contributed by atoms with Gasteiger partial charge < -0.3 is 16.0 Å². The molecule has 6 aromatic carbocycles. The van der Waals surface area contributed by atoms with E-state index in [4.69, 9.17) is 81.2 Å². The zero-order chi connectivity index (χ0) is 75.4. The molecular weight excluding hydrogens is 1510 g/mol. The van der Waals surface area contributed by atoms with Gasteiger partial charge in [0.15, 0.2) is 0 Å². The lowest BCUT2D eigenvalue weighted by Crippen LogP contribution is -2.47. The van der Waals surface area contributed by atoms with Gasteiger partial charge in [-0.3, -0.25) is 34.4 Å². The number of aromatic nitrogens is 3.